The molecule has 0 unspecified atom stereocenters. The Kier molecular flexibility index (Phi) is 5.87. The molecule has 1 N–H and O–H groups in total. The topological polar surface area (TPSA) is 103 Å². The number of nitro benzene ring substituents is 1. The summed E-state index contributed by atoms with van der Waals surface area (Å²) < 4.78 is 1.91. The maximum Gasteiger partial charge on any atom is 0.271 e. The average molecular weight is 438 g/mol. The van der Waals surface area contributed by atoms with Gasteiger partial charge in [0.05, 0.1) is 15.6 Å². The van der Waals surface area contributed by atoms with E-state index in [1.54, 1.807) is 17.4 Å². The van der Waals surface area contributed by atoms with Gasteiger partial charge in [-0.15, -0.1) is 21.5 Å². The molecule has 1 amide bonds. The predicted octanol–water partition coefficient (Wildman–Crippen LogP) is 4.63. The van der Waals surface area contributed by atoms with E-state index in [0.29, 0.717) is 16.7 Å². The van der Waals surface area contributed by atoms with Crippen molar-refractivity contribution in [3.8, 4) is 16.4 Å². The summed E-state index contributed by atoms with van der Waals surface area (Å²) in [5, 5.41) is 24.7. The van der Waals surface area contributed by atoms with Crippen molar-refractivity contribution in [3.63, 3.8) is 0 Å². The van der Waals surface area contributed by atoms with Crippen molar-refractivity contribution in [3.05, 3.63) is 82.2 Å². The fraction of sp³-hybridized carbons (Fsp3) is 0.0500. The molecule has 2 aromatic heterocycles. The van der Waals surface area contributed by atoms with Crippen LogP contribution in [0.15, 0.2) is 77.3 Å². The van der Waals surface area contributed by atoms with Crippen LogP contribution in [0.5, 0.6) is 0 Å². The third-order valence-electron chi connectivity index (χ3n) is 4.06. The van der Waals surface area contributed by atoms with E-state index < -0.39 is 4.92 Å². The van der Waals surface area contributed by atoms with Crippen LogP contribution in [-0.2, 0) is 4.79 Å². The average Bonchev–Trinajstić information content (AvgIpc) is 3.43. The lowest BCUT2D eigenvalue weighted by Gasteiger charge is -2.09. The van der Waals surface area contributed by atoms with E-state index in [9.17, 15) is 14.9 Å². The van der Waals surface area contributed by atoms with Gasteiger partial charge < -0.3 is 5.32 Å². The third kappa shape index (κ3) is 4.39. The molecule has 0 atom stereocenters. The minimum atomic E-state index is -0.501. The van der Waals surface area contributed by atoms with Crippen LogP contribution in [0, 0.1) is 10.1 Å². The number of amides is 1. The Morgan fingerprint density at radius 3 is 2.67 bits per heavy atom. The van der Waals surface area contributed by atoms with Crippen molar-refractivity contribution in [2.45, 2.75) is 5.16 Å². The second kappa shape index (κ2) is 8.89. The largest absolute Gasteiger partial charge is 0.325 e. The Morgan fingerprint density at radius 1 is 1.10 bits per heavy atom. The maximum absolute atomic E-state index is 12.4. The molecule has 0 saturated heterocycles. The highest BCUT2D eigenvalue weighted by atomic mass is 32.2. The van der Waals surface area contributed by atoms with E-state index in [0.717, 1.165) is 10.6 Å². The number of rotatable bonds is 7. The first-order valence-electron chi connectivity index (χ1n) is 8.83. The van der Waals surface area contributed by atoms with Gasteiger partial charge in [-0.2, -0.15) is 0 Å². The molecule has 0 bridgehead atoms. The first-order chi connectivity index (χ1) is 14.6. The minimum absolute atomic E-state index is 0.0788. The second-order valence-corrected chi connectivity index (χ2v) is 7.99. The van der Waals surface area contributed by atoms with Crippen molar-refractivity contribution in [1.29, 1.82) is 0 Å². The van der Waals surface area contributed by atoms with Gasteiger partial charge in [-0.1, -0.05) is 42.1 Å². The van der Waals surface area contributed by atoms with Crippen LogP contribution < -0.4 is 5.32 Å². The molecule has 0 radical (unpaired) electrons. The SMILES string of the molecule is O=C(CSc1nnc(-c2cccs2)n1-c1ccccc1)Nc1cccc([N+](=O)[O-])c1. The van der Waals surface area contributed by atoms with E-state index in [2.05, 4.69) is 15.5 Å². The molecule has 150 valence electrons. The van der Waals surface area contributed by atoms with Crippen LogP contribution in [0.2, 0.25) is 0 Å². The van der Waals surface area contributed by atoms with Crippen LogP contribution in [0.4, 0.5) is 11.4 Å². The number of anilines is 1. The highest BCUT2D eigenvalue weighted by Crippen LogP contribution is 2.30. The van der Waals surface area contributed by atoms with Crippen molar-refractivity contribution in [2.24, 2.45) is 0 Å². The van der Waals surface area contributed by atoms with Crippen LogP contribution in [0.3, 0.4) is 0 Å². The molecule has 0 aliphatic heterocycles. The van der Waals surface area contributed by atoms with Gasteiger partial charge in [-0.3, -0.25) is 19.5 Å². The van der Waals surface area contributed by atoms with Gasteiger partial charge in [0.1, 0.15) is 0 Å². The number of aromatic nitrogens is 3. The number of nitrogens with zero attached hydrogens (tertiary/aromatic N) is 4. The number of thiophene rings is 1. The van der Waals surface area contributed by atoms with Crippen molar-refractivity contribution >= 4 is 40.4 Å². The summed E-state index contributed by atoms with van der Waals surface area (Å²) in [6.45, 7) is 0. The molecule has 2 aromatic carbocycles. The van der Waals surface area contributed by atoms with Gasteiger partial charge in [-0.05, 0) is 29.6 Å². The molecule has 0 spiro atoms. The number of carbonyl (C=O) groups excluding carboxylic acids is 1. The summed E-state index contributed by atoms with van der Waals surface area (Å²) in [6, 6.07) is 19.4. The lowest BCUT2D eigenvalue weighted by Crippen LogP contribution is -2.14. The van der Waals surface area contributed by atoms with E-state index in [4.69, 9.17) is 0 Å². The Balaban J connectivity index is 1.53. The molecular formula is C20H15N5O3S2. The molecule has 8 nitrogen and oxygen atoms in total. The summed E-state index contributed by atoms with van der Waals surface area (Å²) in [5.74, 6) is 0.497. The molecule has 30 heavy (non-hydrogen) atoms. The Bertz CT molecular complexity index is 1180. The predicted molar refractivity (Wildman–Crippen MR) is 117 cm³/mol. The molecule has 0 aliphatic rings. The molecule has 0 saturated carbocycles. The standard InChI is InChI=1S/C20H15N5O3S2/c26-18(21-14-6-4-9-16(12-14)25(27)28)13-30-20-23-22-19(17-10-5-11-29-17)24(20)15-7-2-1-3-8-15/h1-12H,13H2,(H,21,26). The molecule has 0 aliphatic carbocycles. The van der Waals surface area contributed by atoms with Gasteiger partial charge in [0, 0.05) is 23.5 Å². The van der Waals surface area contributed by atoms with Crippen molar-refractivity contribution in [1.82, 2.24) is 14.8 Å². The van der Waals surface area contributed by atoms with Gasteiger partial charge in [0.2, 0.25) is 5.91 Å². The van der Waals surface area contributed by atoms with Crippen molar-refractivity contribution in [2.75, 3.05) is 11.1 Å². The number of non-ortho nitro benzene ring substituents is 1. The fourth-order valence-electron chi connectivity index (χ4n) is 2.76. The fourth-order valence-corrected chi connectivity index (χ4v) is 4.21. The number of para-hydroxylation sites is 1. The molecule has 4 aromatic rings. The summed E-state index contributed by atoms with van der Waals surface area (Å²) in [6.07, 6.45) is 0. The summed E-state index contributed by atoms with van der Waals surface area (Å²) in [4.78, 5) is 23.8. The van der Waals surface area contributed by atoms with E-state index in [-0.39, 0.29) is 17.3 Å². The van der Waals surface area contributed by atoms with Gasteiger partial charge in [-0.25, -0.2) is 0 Å². The minimum Gasteiger partial charge on any atom is -0.325 e. The summed E-state index contributed by atoms with van der Waals surface area (Å²) in [7, 11) is 0. The zero-order valence-electron chi connectivity index (χ0n) is 15.5. The van der Waals surface area contributed by atoms with E-state index >= 15 is 0 Å². The molecule has 4 rings (SSSR count). The summed E-state index contributed by atoms with van der Waals surface area (Å²) in [5.41, 5.74) is 1.19. The zero-order chi connectivity index (χ0) is 20.9. The van der Waals surface area contributed by atoms with Crippen molar-refractivity contribution < 1.29 is 9.72 Å². The third-order valence-corrected chi connectivity index (χ3v) is 5.86. The molecule has 10 heteroatoms. The monoisotopic (exact) mass is 437 g/mol. The quantitative estimate of drug-likeness (QED) is 0.257. The van der Waals surface area contributed by atoms with Crippen LogP contribution in [0.1, 0.15) is 0 Å². The number of carbonyl (C=O) groups is 1. The van der Waals surface area contributed by atoms with E-state index in [1.165, 1.54) is 30.0 Å². The molecule has 0 fully saturated rings. The summed E-state index contributed by atoms with van der Waals surface area (Å²) >= 11 is 2.81. The normalized spacial score (nSPS) is 10.7. The van der Waals surface area contributed by atoms with Crippen LogP contribution >= 0.6 is 23.1 Å². The number of hydrogen-bond donors (Lipinski definition) is 1. The van der Waals surface area contributed by atoms with E-state index in [1.807, 2.05) is 52.4 Å². The Hall–Kier alpha value is -3.50. The number of nitrogens with one attached hydrogen (secondary N) is 1. The second-order valence-electron chi connectivity index (χ2n) is 6.10. The maximum atomic E-state index is 12.4. The first kappa shape index (κ1) is 19.8. The molecule has 2 heterocycles. The highest BCUT2D eigenvalue weighted by Gasteiger charge is 2.18. The highest BCUT2D eigenvalue weighted by molar-refractivity contribution is 7.99. The van der Waals surface area contributed by atoms with Gasteiger partial charge in [0.15, 0.2) is 11.0 Å². The first-order valence-corrected chi connectivity index (χ1v) is 10.7. The number of benzene rings is 2. The lowest BCUT2D eigenvalue weighted by atomic mass is 10.3. The van der Waals surface area contributed by atoms with Crippen LogP contribution in [-0.4, -0.2) is 31.3 Å². The zero-order valence-corrected chi connectivity index (χ0v) is 17.1. The number of hydrogen-bond acceptors (Lipinski definition) is 7. The lowest BCUT2D eigenvalue weighted by molar-refractivity contribution is -0.384. The Morgan fingerprint density at radius 2 is 1.93 bits per heavy atom. The van der Waals surface area contributed by atoms with Crippen LogP contribution in [0.25, 0.3) is 16.4 Å². The smallest absolute Gasteiger partial charge is 0.271 e. The number of thioether (sulfide) groups is 1. The Labute approximate surface area is 179 Å². The van der Waals surface area contributed by atoms with Gasteiger partial charge >= 0.3 is 0 Å². The number of nitro groups is 1. The van der Waals surface area contributed by atoms with Gasteiger partial charge in [0.25, 0.3) is 5.69 Å². The molecular weight excluding hydrogens is 422 g/mol.